The molecule has 1 aromatic carbocycles. The van der Waals surface area contributed by atoms with Gasteiger partial charge in [-0.25, -0.2) is 13.4 Å². The first-order valence-corrected chi connectivity index (χ1v) is 11.8. The third-order valence-electron chi connectivity index (χ3n) is 4.78. The summed E-state index contributed by atoms with van der Waals surface area (Å²) in [6, 6.07) is 9.70. The van der Waals surface area contributed by atoms with Crippen molar-refractivity contribution in [2.24, 2.45) is 0 Å². The van der Waals surface area contributed by atoms with Crippen LogP contribution in [0.3, 0.4) is 0 Å². The zero-order valence-electron chi connectivity index (χ0n) is 15.6. The molecule has 0 atom stereocenters. The second kappa shape index (κ2) is 8.24. The van der Waals surface area contributed by atoms with Crippen LogP contribution in [0.15, 0.2) is 35.2 Å². The molecule has 1 aliphatic carbocycles. The highest BCUT2D eigenvalue weighted by Crippen LogP contribution is 2.33. The van der Waals surface area contributed by atoms with Gasteiger partial charge in [0, 0.05) is 17.5 Å². The fourth-order valence-corrected chi connectivity index (χ4v) is 5.28. The van der Waals surface area contributed by atoms with Gasteiger partial charge in [0.2, 0.25) is 10.0 Å². The average molecular weight is 402 g/mol. The quantitative estimate of drug-likeness (QED) is 0.672. The molecule has 7 heteroatoms. The van der Waals surface area contributed by atoms with E-state index >= 15 is 0 Å². The van der Waals surface area contributed by atoms with Crippen LogP contribution in [-0.4, -0.2) is 26.2 Å². The summed E-state index contributed by atoms with van der Waals surface area (Å²) in [6.07, 6.45) is 6.72. The van der Waals surface area contributed by atoms with Crippen LogP contribution in [-0.2, 0) is 10.0 Å². The number of benzene rings is 1. The highest BCUT2D eigenvalue weighted by molar-refractivity contribution is 7.92. The lowest BCUT2D eigenvalue weighted by Crippen LogP contribution is -2.29. The van der Waals surface area contributed by atoms with Crippen molar-refractivity contribution in [1.82, 2.24) is 4.98 Å². The zero-order chi connectivity index (χ0) is 19.4. The summed E-state index contributed by atoms with van der Waals surface area (Å²) in [5, 5.41) is 12.3. The van der Waals surface area contributed by atoms with Crippen LogP contribution in [0.25, 0.3) is 16.8 Å². The smallest absolute Gasteiger partial charge is 0.232 e. The van der Waals surface area contributed by atoms with Crippen molar-refractivity contribution in [1.29, 1.82) is 5.26 Å². The topological polar surface area (TPSA) is 74.1 Å². The molecule has 142 valence electrons. The summed E-state index contributed by atoms with van der Waals surface area (Å²) >= 11 is 1.49. The van der Waals surface area contributed by atoms with Crippen molar-refractivity contribution in [2.75, 3.05) is 17.1 Å². The van der Waals surface area contributed by atoms with Gasteiger partial charge < -0.3 is 0 Å². The third kappa shape index (κ3) is 4.40. The van der Waals surface area contributed by atoms with Crippen molar-refractivity contribution >= 4 is 32.6 Å². The number of nitriles is 1. The van der Waals surface area contributed by atoms with Crippen LogP contribution >= 0.6 is 11.3 Å². The van der Waals surface area contributed by atoms with Crippen LogP contribution in [0, 0.1) is 11.3 Å². The molecule has 3 rings (SSSR count). The first kappa shape index (κ1) is 19.6. The highest BCUT2D eigenvalue weighted by atomic mass is 32.2. The molecule has 0 bridgehead atoms. The van der Waals surface area contributed by atoms with Gasteiger partial charge in [0.05, 0.1) is 23.2 Å². The number of rotatable bonds is 5. The number of nitrogens with zero attached hydrogens (tertiary/aromatic N) is 3. The Morgan fingerprint density at radius 3 is 2.44 bits per heavy atom. The van der Waals surface area contributed by atoms with Gasteiger partial charge in [-0.15, -0.1) is 11.3 Å². The standard InChI is InChI=1S/C20H23N3O2S2/c1-3-23(27(2,24)25)17-11-9-16(10-12-17)19-14-26-20(22-19)18(13-21)15-7-5-4-6-8-15/h9-12,14H,3-8H2,1-2H3. The molecule has 1 heterocycles. The van der Waals surface area contributed by atoms with Crippen LogP contribution in [0.4, 0.5) is 5.69 Å². The van der Waals surface area contributed by atoms with Gasteiger partial charge in [-0.05, 0) is 50.3 Å². The number of hydrogen-bond acceptors (Lipinski definition) is 5. The molecule has 1 fully saturated rings. The van der Waals surface area contributed by atoms with Crippen molar-refractivity contribution in [3.63, 3.8) is 0 Å². The summed E-state index contributed by atoms with van der Waals surface area (Å²) in [5.41, 5.74) is 4.33. The lowest BCUT2D eigenvalue weighted by molar-refractivity contribution is 0.598. The van der Waals surface area contributed by atoms with E-state index in [0.717, 1.165) is 47.5 Å². The predicted octanol–water partition coefficient (Wildman–Crippen LogP) is 4.84. The van der Waals surface area contributed by atoms with E-state index in [4.69, 9.17) is 0 Å². The average Bonchev–Trinajstić information content (AvgIpc) is 3.13. The molecule has 5 nitrogen and oxygen atoms in total. The molecule has 0 N–H and O–H groups in total. The van der Waals surface area contributed by atoms with Gasteiger partial charge in [0.25, 0.3) is 0 Å². The van der Waals surface area contributed by atoms with E-state index in [9.17, 15) is 13.7 Å². The fraction of sp³-hybridized carbons (Fsp3) is 0.400. The molecule has 1 saturated carbocycles. The van der Waals surface area contributed by atoms with Gasteiger partial charge >= 0.3 is 0 Å². The molecule has 0 saturated heterocycles. The summed E-state index contributed by atoms with van der Waals surface area (Å²) in [6.45, 7) is 2.20. The van der Waals surface area contributed by atoms with Crippen LogP contribution in [0.1, 0.15) is 44.0 Å². The maximum atomic E-state index is 11.9. The van der Waals surface area contributed by atoms with Crippen LogP contribution < -0.4 is 4.31 Å². The van der Waals surface area contributed by atoms with E-state index in [1.54, 1.807) is 12.1 Å². The molecule has 0 amide bonds. The number of hydrogen-bond donors (Lipinski definition) is 0. The summed E-state index contributed by atoms with van der Waals surface area (Å²) in [4.78, 5) is 4.68. The van der Waals surface area contributed by atoms with E-state index < -0.39 is 10.0 Å². The van der Waals surface area contributed by atoms with Gasteiger partial charge in [0.1, 0.15) is 11.1 Å². The Hall–Kier alpha value is -2.17. The molecule has 0 aliphatic heterocycles. The van der Waals surface area contributed by atoms with E-state index in [1.807, 2.05) is 24.4 Å². The maximum absolute atomic E-state index is 11.9. The monoisotopic (exact) mass is 401 g/mol. The van der Waals surface area contributed by atoms with E-state index in [2.05, 4.69) is 11.1 Å². The highest BCUT2D eigenvalue weighted by Gasteiger charge is 2.17. The minimum Gasteiger partial charge on any atom is -0.271 e. The van der Waals surface area contributed by atoms with Gasteiger partial charge in [-0.3, -0.25) is 4.31 Å². The third-order valence-corrected chi connectivity index (χ3v) is 6.91. The number of allylic oxidation sites excluding steroid dienone is 2. The second-order valence-corrected chi connectivity index (χ2v) is 9.43. The maximum Gasteiger partial charge on any atom is 0.232 e. The molecule has 0 unspecified atom stereocenters. The number of thiazole rings is 1. The Kier molecular flexibility index (Phi) is 5.98. The Balaban J connectivity index is 1.88. The summed E-state index contributed by atoms with van der Waals surface area (Å²) in [5.74, 6) is 0. The van der Waals surface area contributed by atoms with Crippen LogP contribution in [0.2, 0.25) is 0 Å². The molecule has 0 radical (unpaired) electrons. The fourth-order valence-electron chi connectivity index (χ4n) is 3.43. The molecule has 1 aromatic heterocycles. The van der Waals surface area contributed by atoms with E-state index in [1.165, 1.54) is 33.9 Å². The predicted molar refractivity (Wildman–Crippen MR) is 111 cm³/mol. The number of aromatic nitrogens is 1. The second-order valence-electron chi connectivity index (χ2n) is 6.66. The Labute approximate surface area is 165 Å². The lowest BCUT2D eigenvalue weighted by atomic mass is 9.91. The number of sulfonamides is 1. The largest absolute Gasteiger partial charge is 0.271 e. The van der Waals surface area contributed by atoms with Crippen molar-refractivity contribution < 1.29 is 8.42 Å². The molecule has 0 spiro atoms. The lowest BCUT2D eigenvalue weighted by Gasteiger charge is -2.20. The number of anilines is 1. The van der Waals surface area contributed by atoms with E-state index in [-0.39, 0.29) is 0 Å². The van der Waals surface area contributed by atoms with Gasteiger partial charge in [-0.1, -0.05) is 18.6 Å². The summed E-state index contributed by atoms with van der Waals surface area (Å²) < 4.78 is 25.1. The van der Waals surface area contributed by atoms with E-state index in [0.29, 0.717) is 12.2 Å². The molecule has 1 aliphatic rings. The minimum absolute atomic E-state index is 0.387. The van der Waals surface area contributed by atoms with Crippen LogP contribution in [0.5, 0.6) is 0 Å². The van der Waals surface area contributed by atoms with Gasteiger partial charge in [-0.2, -0.15) is 5.26 Å². The Morgan fingerprint density at radius 1 is 1.22 bits per heavy atom. The molecular formula is C20H23N3O2S2. The van der Waals surface area contributed by atoms with Crippen molar-refractivity contribution in [3.8, 4) is 17.3 Å². The normalized spacial score (nSPS) is 14.6. The minimum atomic E-state index is -3.29. The molecule has 27 heavy (non-hydrogen) atoms. The molecular weight excluding hydrogens is 378 g/mol. The molecule has 2 aromatic rings. The zero-order valence-corrected chi connectivity index (χ0v) is 17.2. The summed E-state index contributed by atoms with van der Waals surface area (Å²) in [7, 11) is -3.29. The first-order valence-electron chi connectivity index (χ1n) is 9.10. The SMILES string of the molecule is CCN(c1ccc(-c2csc(C(C#N)=C3CCCCC3)n2)cc1)S(C)(=O)=O. The Morgan fingerprint density at radius 2 is 1.89 bits per heavy atom. The van der Waals surface area contributed by atoms with Crippen molar-refractivity contribution in [3.05, 3.63) is 40.2 Å². The first-order chi connectivity index (χ1) is 12.9. The Bertz CT molecular complexity index is 975. The van der Waals surface area contributed by atoms with Gasteiger partial charge in [0.15, 0.2) is 0 Å². The van der Waals surface area contributed by atoms with Crippen molar-refractivity contribution in [2.45, 2.75) is 39.0 Å².